The Balaban J connectivity index is 2.22. The van der Waals surface area contributed by atoms with Crippen LogP contribution < -0.4 is 0 Å². The van der Waals surface area contributed by atoms with Crippen LogP contribution in [0, 0.1) is 18.3 Å². The Morgan fingerprint density at radius 3 is 2.91 bits per heavy atom. The zero-order chi connectivity index (χ0) is 15.7. The van der Waals surface area contributed by atoms with Crippen molar-refractivity contribution in [2.75, 3.05) is 0 Å². The van der Waals surface area contributed by atoms with E-state index in [0.717, 1.165) is 53.4 Å². The third-order valence-electron chi connectivity index (χ3n) is 4.09. The minimum absolute atomic E-state index is 0.412. The highest BCUT2D eigenvalue weighted by Gasteiger charge is 2.24. The van der Waals surface area contributed by atoms with Gasteiger partial charge < -0.3 is 4.74 Å². The van der Waals surface area contributed by atoms with Gasteiger partial charge in [0.05, 0.1) is 11.1 Å². The van der Waals surface area contributed by atoms with Crippen molar-refractivity contribution >= 4 is 16.9 Å². The van der Waals surface area contributed by atoms with Crippen LogP contribution in [0.3, 0.4) is 0 Å². The van der Waals surface area contributed by atoms with Crippen LogP contribution in [-0.2, 0) is 17.6 Å². The van der Waals surface area contributed by atoms with E-state index in [9.17, 15) is 4.79 Å². The predicted molar refractivity (Wildman–Crippen MR) is 83.6 cm³/mol. The van der Waals surface area contributed by atoms with Gasteiger partial charge >= 0.3 is 5.97 Å². The number of hydrogen-bond donors (Lipinski definition) is 0. The van der Waals surface area contributed by atoms with Gasteiger partial charge in [0.15, 0.2) is 6.10 Å². The largest absolute Gasteiger partial charge is 0.444 e. The fraction of sp³-hybridized carbons (Fsp3) is 0.389. The number of aryl methyl sites for hydroxylation is 2. The molecule has 112 valence electrons. The Labute approximate surface area is 129 Å². The highest BCUT2D eigenvalue weighted by molar-refractivity contribution is 6.05. The van der Waals surface area contributed by atoms with E-state index in [1.54, 1.807) is 6.92 Å². The van der Waals surface area contributed by atoms with E-state index in [4.69, 9.17) is 15.0 Å². The van der Waals surface area contributed by atoms with Crippen LogP contribution >= 0.6 is 0 Å². The summed E-state index contributed by atoms with van der Waals surface area (Å²) in [5, 5.41) is 9.72. The molecule has 0 saturated heterocycles. The molecule has 0 unspecified atom stereocenters. The van der Waals surface area contributed by atoms with Crippen molar-refractivity contribution in [3.05, 3.63) is 40.6 Å². The molecular formula is C18H18N2O2. The lowest BCUT2D eigenvalue weighted by molar-refractivity contribution is 0.0436. The van der Waals surface area contributed by atoms with Gasteiger partial charge in [-0.2, -0.15) is 5.26 Å². The molecule has 0 radical (unpaired) electrons. The first-order valence-corrected chi connectivity index (χ1v) is 7.63. The van der Waals surface area contributed by atoms with Crippen molar-refractivity contribution in [2.45, 2.75) is 45.6 Å². The highest BCUT2D eigenvalue weighted by Crippen LogP contribution is 2.30. The molecular weight excluding hydrogens is 276 g/mol. The quantitative estimate of drug-likeness (QED) is 0.795. The van der Waals surface area contributed by atoms with E-state index >= 15 is 0 Å². The minimum Gasteiger partial charge on any atom is -0.444 e. The van der Waals surface area contributed by atoms with E-state index in [1.807, 2.05) is 31.2 Å². The number of esters is 1. The zero-order valence-electron chi connectivity index (χ0n) is 12.8. The Morgan fingerprint density at radius 1 is 1.36 bits per heavy atom. The second kappa shape index (κ2) is 5.76. The summed E-state index contributed by atoms with van der Waals surface area (Å²) in [4.78, 5) is 17.3. The summed E-state index contributed by atoms with van der Waals surface area (Å²) in [5.41, 5.74) is 4.50. The third-order valence-corrected chi connectivity index (χ3v) is 4.09. The van der Waals surface area contributed by atoms with Gasteiger partial charge in [0.25, 0.3) is 0 Å². The van der Waals surface area contributed by atoms with Gasteiger partial charge in [-0.3, -0.25) is 4.98 Å². The smallest absolute Gasteiger partial charge is 0.340 e. The van der Waals surface area contributed by atoms with Crippen molar-refractivity contribution in [3.8, 4) is 6.07 Å². The second-order valence-corrected chi connectivity index (χ2v) is 5.82. The summed E-state index contributed by atoms with van der Waals surface area (Å²) in [6, 6.07) is 7.87. The molecule has 1 aromatic heterocycles. The van der Waals surface area contributed by atoms with Crippen LogP contribution in [0.25, 0.3) is 10.9 Å². The minimum atomic E-state index is -0.750. The number of hydrogen-bond acceptors (Lipinski definition) is 4. The maximum Gasteiger partial charge on any atom is 0.340 e. The molecule has 0 fully saturated rings. The molecule has 4 nitrogen and oxygen atoms in total. The molecule has 0 amide bonds. The van der Waals surface area contributed by atoms with Crippen LogP contribution in [0.15, 0.2) is 18.2 Å². The molecule has 0 aliphatic heterocycles. The highest BCUT2D eigenvalue weighted by atomic mass is 16.5. The van der Waals surface area contributed by atoms with E-state index in [2.05, 4.69) is 0 Å². The maximum absolute atomic E-state index is 12.6. The van der Waals surface area contributed by atoms with E-state index < -0.39 is 12.1 Å². The molecule has 0 saturated carbocycles. The fourth-order valence-electron chi connectivity index (χ4n) is 3.02. The molecule has 0 N–H and O–H groups in total. The molecule has 1 aliphatic carbocycles. The van der Waals surface area contributed by atoms with Crippen molar-refractivity contribution < 1.29 is 9.53 Å². The number of rotatable bonds is 2. The molecule has 1 heterocycles. The molecule has 4 heteroatoms. The molecule has 1 atom stereocenters. The number of pyridine rings is 1. The summed E-state index contributed by atoms with van der Waals surface area (Å²) in [5.74, 6) is -0.412. The first kappa shape index (κ1) is 14.5. The van der Waals surface area contributed by atoms with E-state index in [1.165, 1.54) is 0 Å². The van der Waals surface area contributed by atoms with Gasteiger partial charge in [-0.25, -0.2) is 4.79 Å². The first-order valence-electron chi connectivity index (χ1n) is 7.63. The average molecular weight is 294 g/mol. The molecule has 1 aromatic carbocycles. The van der Waals surface area contributed by atoms with Crippen LogP contribution in [0.4, 0.5) is 0 Å². The van der Waals surface area contributed by atoms with Crippen molar-refractivity contribution in [1.82, 2.24) is 4.98 Å². The SMILES string of the molecule is Cc1ccc2nc3c(c(C(=O)O[C@H](C)C#N)c2c1)CCCC3. The summed E-state index contributed by atoms with van der Waals surface area (Å²) >= 11 is 0. The van der Waals surface area contributed by atoms with Gasteiger partial charge in [-0.1, -0.05) is 11.6 Å². The van der Waals surface area contributed by atoms with Gasteiger partial charge in [-0.15, -0.1) is 0 Å². The van der Waals surface area contributed by atoms with Crippen molar-refractivity contribution in [1.29, 1.82) is 5.26 Å². The predicted octanol–water partition coefficient (Wildman–Crippen LogP) is 3.49. The van der Waals surface area contributed by atoms with Gasteiger partial charge in [-0.05, 0) is 57.2 Å². The number of fused-ring (bicyclic) bond motifs is 2. The molecule has 1 aliphatic rings. The third kappa shape index (κ3) is 2.55. The Morgan fingerprint density at radius 2 is 2.14 bits per heavy atom. The fourth-order valence-corrected chi connectivity index (χ4v) is 3.02. The average Bonchev–Trinajstić information content (AvgIpc) is 2.52. The molecule has 2 aromatic rings. The van der Waals surface area contributed by atoms with Gasteiger partial charge in [0.2, 0.25) is 0 Å². The number of ether oxygens (including phenoxy) is 1. The zero-order valence-corrected chi connectivity index (χ0v) is 12.8. The topological polar surface area (TPSA) is 63.0 Å². The number of carbonyl (C=O) groups excluding carboxylic acids is 1. The Bertz CT molecular complexity index is 790. The summed E-state index contributed by atoms with van der Waals surface area (Å²) in [7, 11) is 0. The van der Waals surface area contributed by atoms with E-state index in [-0.39, 0.29) is 0 Å². The molecule has 0 spiro atoms. The number of benzene rings is 1. The standard InChI is InChI=1S/C18H18N2O2/c1-11-7-8-16-14(9-11)17(18(21)22-12(2)10-19)13-5-3-4-6-15(13)20-16/h7-9,12H,3-6H2,1-2H3/t12-/m1/s1. The second-order valence-electron chi connectivity index (χ2n) is 5.82. The van der Waals surface area contributed by atoms with Crippen LogP contribution in [-0.4, -0.2) is 17.1 Å². The van der Waals surface area contributed by atoms with Crippen molar-refractivity contribution in [2.24, 2.45) is 0 Å². The first-order chi connectivity index (χ1) is 10.6. The normalized spacial score (nSPS) is 15.0. The van der Waals surface area contributed by atoms with Crippen LogP contribution in [0.1, 0.15) is 46.9 Å². The number of nitriles is 1. The van der Waals surface area contributed by atoms with E-state index in [0.29, 0.717) is 5.56 Å². The monoisotopic (exact) mass is 294 g/mol. The maximum atomic E-state index is 12.6. The van der Waals surface area contributed by atoms with Gasteiger partial charge in [0, 0.05) is 11.1 Å². The van der Waals surface area contributed by atoms with Crippen LogP contribution in [0.5, 0.6) is 0 Å². The number of carbonyl (C=O) groups is 1. The van der Waals surface area contributed by atoms with Gasteiger partial charge in [0.1, 0.15) is 6.07 Å². The summed E-state index contributed by atoms with van der Waals surface area (Å²) < 4.78 is 5.27. The lowest BCUT2D eigenvalue weighted by atomic mass is 9.89. The molecule has 22 heavy (non-hydrogen) atoms. The number of nitrogens with zero attached hydrogens (tertiary/aromatic N) is 2. The van der Waals surface area contributed by atoms with Crippen LogP contribution in [0.2, 0.25) is 0 Å². The number of aromatic nitrogens is 1. The Hall–Kier alpha value is -2.41. The molecule has 3 rings (SSSR count). The summed E-state index contributed by atoms with van der Waals surface area (Å²) in [6.45, 7) is 3.57. The van der Waals surface area contributed by atoms with Crippen molar-refractivity contribution in [3.63, 3.8) is 0 Å². The Kier molecular flexibility index (Phi) is 3.81. The molecule has 0 bridgehead atoms. The lowest BCUT2D eigenvalue weighted by Crippen LogP contribution is -2.18. The lowest BCUT2D eigenvalue weighted by Gasteiger charge is -2.20. The summed E-state index contributed by atoms with van der Waals surface area (Å²) in [6.07, 6.45) is 3.14.